The number of hydrogen-bond donors (Lipinski definition) is 2. The molecule has 1 aliphatic heterocycles. The lowest BCUT2D eigenvalue weighted by Crippen LogP contribution is -2.48. The second-order valence-electron chi connectivity index (χ2n) is 4.90. The first-order valence-corrected chi connectivity index (χ1v) is 6.53. The van der Waals surface area contributed by atoms with Crippen LogP contribution < -0.4 is 11.3 Å². The van der Waals surface area contributed by atoms with Gasteiger partial charge >= 0.3 is 0 Å². The van der Waals surface area contributed by atoms with Gasteiger partial charge in [-0.1, -0.05) is 12.8 Å². The Labute approximate surface area is 106 Å². The third-order valence-electron chi connectivity index (χ3n) is 3.70. The molecule has 7 heteroatoms. The number of nitrogens with zero attached hydrogens (tertiary/aromatic N) is 5. The molecule has 3 rings (SSSR count). The Morgan fingerprint density at radius 1 is 1.39 bits per heavy atom. The minimum atomic E-state index is 0.427. The summed E-state index contributed by atoms with van der Waals surface area (Å²) in [5.74, 6) is 7.37. The van der Waals surface area contributed by atoms with Crippen LogP contribution in [-0.2, 0) is 13.1 Å². The van der Waals surface area contributed by atoms with Gasteiger partial charge in [0.2, 0.25) is 5.96 Å². The van der Waals surface area contributed by atoms with E-state index in [9.17, 15) is 0 Å². The summed E-state index contributed by atoms with van der Waals surface area (Å²) in [7, 11) is 0. The minimum absolute atomic E-state index is 0.427. The molecule has 1 fully saturated rings. The molecule has 3 N–H and O–H groups in total. The lowest BCUT2D eigenvalue weighted by atomic mass is 10.3. The maximum Gasteiger partial charge on any atom is 0.209 e. The van der Waals surface area contributed by atoms with Gasteiger partial charge in [0.05, 0.1) is 12.6 Å². The van der Waals surface area contributed by atoms with E-state index in [0.29, 0.717) is 6.04 Å². The quantitative estimate of drug-likeness (QED) is 0.313. The van der Waals surface area contributed by atoms with Gasteiger partial charge in [0.25, 0.3) is 0 Å². The molecule has 18 heavy (non-hydrogen) atoms. The maximum atomic E-state index is 5.61. The highest BCUT2D eigenvalue weighted by molar-refractivity contribution is 5.79. The number of nitrogens with one attached hydrogen (secondary N) is 1. The fraction of sp³-hybridized carbons (Fsp3) is 0.727. The van der Waals surface area contributed by atoms with Crippen LogP contribution in [-0.4, -0.2) is 38.2 Å². The molecule has 0 bridgehead atoms. The highest BCUT2D eigenvalue weighted by Gasteiger charge is 2.22. The number of hydrazine groups is 1. The molecule has 1 aromatic rings. The van der Waals surface area contributed by atoms with E-state index >= 15 is 0 Å². The van der Waals surface area contributed by atoms with Crippen molar-refractivity contribution in [3.05, 3.63) is 12.2 Å². The summed E-state index contributed by atoms with van der Waals surface area (Å²) < 4.78 is 2.07. The van der Waals surface area contributed by atoms with Crippen LogP contribution in [0.3, 0.4) is 0 Å². The average molecular weight is 249 g/mol. The third-order valence-corrected chi connectivity index (χ3v) is 3.70. The number of nitrogens with two attached hydrogens (primary N) is 1. The Morgan fingerprint density at radius 2 is 2.22 bits per heavy atom. The molecule has 0 saturated heterocycles. The fourth-order valence-corrected chi connectivity index (χ4v) is 2.66. The van der Waals surface area contributed by atoms with Gasteiger partial charge in [0.15, 0.2) is 5.82 Å². The number of hydrogen-bond acceptors (Lipinski definition) is 4. The predicted molar refractivity (Wildman–Crippen MR) is 67.4 cm³/mol. The number of aromatic nitrogens is 3. The van der Waals surface area contributed by atoms with Crippen molar-refractivity contribution in [3.8, 4) is 0 Å². The number of rotatable bonds is 1. The van der Waals surface area contributed by atoms with Crippen LogP contribution in [0.25, 0.3) is 0 Å². The van der Waals surface area contributed by atoms with E-state index in [-0.39, 0.29) is 0 Å². The molecule has 0 unspecified atom stereocenters. The first kappa shape index (κ1) is 11.5. The van der Waals surface area contributed by atoms with E-state index in [1.54, 1.807) is 6.33 Å². The van der Waals surface area contributed by atoms with Gasteiger partial charge in [-0.05, 0) is 12.8 Å². The zero-order valence-electron chi connectivity index (χ0n) is 10.4. The van der Waals surface area contributed by atoms with E-state index < -0.39 is 0 Å². The topological polar surface area (TPSA) is 84.4 Å². The van der Waals surface area contributed by atoms with Gasteiger partial charge in [-0.25, -0.2) is 10.8 Å². The molecular weight excluding hydrogens is 230 g/mol. The highest BCUT2D eigenvalue weighted by Crippen LogP contribution is 2.21. The lowest BCUT2D eigenvalue weighted by molar-refractivity contribution is 0.318. The highest BCUT2D eigenvalue weighted by atomic mass is 15.4. The van der Waals surface area contributed by atoms with E-state index in [4.69, 9.17) is 10.8 Å². The van der Waals surface area contributed by atoms with Crippen LogP contribution in [0.5, 0.6) is 0 Å². The van der Waals surface area contributed by atoms with Gasteiger partial charge < -0.3 is 9.47 Å². The Morgan fingerprint density at radius 3 is 3.00 bits per heavy atom. The van der Waals surface area contributed by atoms with Crippen LogP contribution in [0.1, 0.15) is 31.5 Å². The standard InChI is InChI=1S/C11H19N7/c12-15-11(14-9-3-1-2-4-9)17-5-6-18-8-13-16-10(18)7-17/h8-9H,1-7,12H2,(H,14,15). The normalized spacial score (nSPS) is 21.2. The minimum Gasteiger partial charge on any atom is -0.333 e. The molecule has 2 aliphatic rings. The van der Waals surface area contributed by atoms with E-state index in [0.717, 1.165) is 31.4 Å². The van der Waals surface area contributed by atoms with Crippen molar-refractivity contribution in [2.24, 2.45) is 10.8 Å². The van der Waals surface area contributed by atoms with Crippen LogP contribution in [0.4, 0.5) is 0 Å². The van der Waals surface area contributed by atoms with E-state index in [1.165, 1.54) is 25.7 Å². The zero-order valence-corrected chi connectivity index (χ0v) is 10.4. The van der Waals surface area contributed by atoms with Crippen molar-refractivity contribution < 1.29 is 0 Å². The average Bonchev–Trinajstić information content (AvgIpc) is 3.06. The SMILES string of the molecule is NNC(=NC1CCCC1)N1CCn2cnnc2C1. The molecule has 1 saturated carbocycles. The molecule has 0 atom stereocenters. The van der Waals surface area contributed by atoms with Gasteiger partial charge in [-0.15, -0.1) is 10.2 Å². The van der Waals surface area contributed by atoms with Crippen LogP contribution >= 0.6 is 0 Å². The van der Waals surface area contributed by atoms with Crippen molar-refractivity contribution in [2.45, 2.75) is 44.8 Å². The summed E-state index contributed by atoms with van der Waals surface area (Å²) in [4.78, 5) is 6.87. The van der Waals surface area contributed by atoms with E-state index in [1.807, 2.05) is 0 Å². The second-order valence-corrected chi connectivity index (χ2v) is 4.90. The van der Waals surface area contributed by atoms with Crippen LogP contribution in [0.15, 0.2) is 11.3 Å². The van der Waals surface area contributed by atoms with Gasteiger partial charge in [-0.2, -0.15) is 0 Å². The number of aliphatic imine (C=N–C) groups is 1. The molecule has 98 valence electrons. The molecule has 7 nitrogen and oxygen atoms in total. The molecule has 1 aromatic heterocycles. The van der Waals surface area contributed by atoms with Crippen LogP contribution in [0.2, 0.25) is 0 Å². The number of guanidine groups is 1. The Bertz CT molecular complexity index is 432. The summed E-state index contributed by atoms with van der Waals surface area (Å²) in [6, 6.07) is 0.427. The van der Waals surface area contributed by atoms with Gasteiger partial charge in [-0.3, -0.25) is 5.43 Å². The number of fused-ring (bicyclic) bond motifs is 1. The van der Waals surface area contributed by atoms with Crippen molar-refractivity contribution in [2.75, 3.05) is 6.54 Å². The first-order valence-electron chi connectivity index (χ1n) is 6.53. The van der Waals surface area contributed by atoms with Crippen molar-refractivity contribution in [3.63, 3.8) is 0 Å². The summed E-state index contributed by atoms with van der Waals surface area (Å²) >= 11 is 0. The Balaban J connectivity index is 1.73. The van der Waals surface area contributed by atoms with Crippen molar-refractivity contribution in [1.82, 2.24) is 25.1 Å². The zero-order chi connectivity index (χ0) is 12.4. The van der Waals surface area contributed by atoms with E-state index in [2.05, 4.69) is 25.1 Å². The molecule has 2 heterocycles. The first-order chi connectivity index (χ1) is 8.86. The molecule has 0 aromatic carbocycles. The summed E-state index contributed by atoms with van der Waals surface area (Å²) in [5, 5.41) is 8.02. The molecule has 1 aliphatic carbocycles. The summed E-state index contributed by atoms with van der Waals surface area (Å²) in [6.45, 7) is 2.49. The summed E-state index contributed by atoms with van der Waals surface area (Å²) in [6.07, 6.45) is 6.68. The third kappa shape index (κ3) is 2.17. The smallest absolute Gasteiger partial charge is 0.209 e. The fourth-order valence-electron chi connectivity index (χ4n) is 2.66. The monoisotopic (exact) mass is 249 g/mol. The van der Waals surface area contributed by atoms with Gasteiger partial charge in [0, 0.05) is 13.1 Å². The largest absolute Gasteiger partial charge is 0.333 e. The molecule has 0 spiro atoms. The van der Waals surface area contributed by atoms with Crippen LogP contribution in [0, 0.1) is 0 Å². The molecule has 0 amide bonds. The predicted octanol–water partition coefficient (Wildman–Crippen LogP) is -0.144. The second kappa shape index (κ2) is 4.93. The summed E-state index contributed by atoms with van der Waals surface area (Å²) in [5.41, 5.74) is 2.74. The van der Waals surface area contributed by atoms with Gasteiger partial charge in [0.1, 0.15) is 6.33 Å². The molecule has 0 radical (unpaired) electrons. The van der Waals surface area contributed by atoms with Crippen molar-refractivity contribution in [1.29, 1.82) is 0 Å². The lowest BCUT2D eigenvalue weighted by Gasteiger charge is -2.29. The Kier molecular flexibility index (Phi) is 3.14. The molecular formula is C11H19N7. The Hall–Kier alpha value is -1.63. The van der Waals surface area contributed by atoms with Crippen molar-refractivity contribution >= 4 is 5.96 Å². The maximum absolute atomic E-state index is 5.61.